The highest BCUT2D eigenvalue weighted by Crippen LogP contribution is 2.56. The highest BCUT2D eigenvalue weighted by molar-refractivity contribution is 7.07. The Morgan fingerprint density at radius 2 is 2.12 bits per heavy atom. The summed E-state index contributed by atoms with van der Waals surface area (Å²) in [5.41, 5.74) is 1.95. The first-order chi connectivity index (χ1) is 11.2. The molecule has 0 bridgehead atoms. The first-order valence-electron chi connectivity index (χ1n) is 8.30. The zero-order valence-corrected chi connectivity index (χ0v) is 17.5. The fraction of sp³-hybridized carbons (Fsp3) is 0.588. The Hall–Kier alpha value is -0.300. The lowest BCUT2D eigenvalue weighted by molar-refractivity contribution is 0.183. The molecular formula is C17H25Cl3N4S. The molecule has 25 heavy (non-hydrogen) atoms. The molecule has 0 radical (unpaired) electrons. The van der Waals surface area contributed by atoms with Gasteiger partial charge in [-0.05, 0) is 60.2 Å². The van der Waals surface area contributed by atoms with E-state index in [0.29, 0.717) is 16.6 Å². The number of aromatic nitrogens is 2. The highest BCUT2D eigenvalue weighted by atomic mass is 35.5. The molecule has 4 rings (SSSR count). The lowest BCUT2D eigenvalue weighted by Crippen LogP contribution is -2.36. The molecule has 1 spiro atoms. The first-order valence-corrected chi connectivity index (χ1v) is 9.62. The van der Waals surface area contributed by atoms with Crippen LogP contribution in [0, 0.1) is 5.41 Å². The van der Waals surface area contributed by atoms with Gasteiger partial charge < -0.3 is 9.88 Å². The Morgan fingerprint density at radius 1 is 1.36 bits per heavy atom. The third-order valence-corrected chi connectivity index (χ3v) is 6.61. The molecule has 1 aliphatic heterocycles. The van der Waals surface area contributed by atoms with Gasteiger partial charge in [-0.3, -0.25) is 4.90 Å². The molecule has 2 aliphatic rings. The van der Waals surface area contributed by atoms with Gasteiger partial charge in [-0.15, -0.1) is 24.8 Å². The van der Waals surface area contributed by atoms with E-state index in [-0.39, 0.29) is 24.8 Å². The number of thiophene rings is 1. The maximum atomic E-state index is 6.17. The molecule has 0 aromatic carbocycles. The van der Waals surface area contributed by atoms with Gasteiger partial charge in [0.05, 0.1) is 12.7 Å². The number of piperidine rings is 1. The monoisotopic (exact) mass is 422 g/mol. The smallest absolute Gasteiger partial charge is 0.128 e. The van der Waals surface area contributed by atoms with Crippen LogP contribution in [0.2, 0.25) is 5.15 Å². The molecule has 3 heterocycles. The third-order valence-electron chi connectivity index (χ3n) is 5.52. The maximum Gasteiger partial charge on any atom is 0.128 e. The topological polar surface area (TPSA) is 33.1 Å². The molecule has 4 nitrogen and oxygen atoms in total. The average molecular weight is 424 g/mol. The summed E-state index contributed by atoms with van der Waals surface area (Å²) >= 11 is 7.94. The van der Waals surface area contributed by atoms with Crippen molar-refractivity contribution in [3.05, 3.63) is 39.6 Å². The van der Waals surface area contributed by atoms with E-state index in [1.54, 1.807) is 17.5 Å². The van der Waals surface area contributed by atoms with Crippen LogP contribution < -0.4 is 5.32 Å². The fourth-order valence-electron chi connectivity index (χ4n) is 3.95. The van der Waals surface area contributed by atoms with E-state index in [4.69, 9.17) is 11.6 Å². The summed E-state index contributed by atoms with van der Waals surface area (Å²) in [6.07, 6.45) is 5.70. The van der Waals surface area contributed by atoms with Gasteiger partial charge in [-0.25, -0.2) is 4.98 Å². The molecule has 1 aliphatic carbocycles. The number of halogens is 3. The first kappa shape index (κ1) is 21.0. The molecule has 8 heteroatoms. The van der Waals surface area contributed by atoms with E-state index >= 15 is 0 Å². The predicted molar refractivity (Wildman–Crippen MR) is 109 cm³/mol. The van der Waals surface area contributed by atoms with Gasteiger partial charge in [0.25, 0.3) is 0 Å². The van der Waals surface area contributed by atoms with Crippen LogP contribution in [0.3, 0.4) is 0 Å². The van der Waals surface area contributed by atoms with Crippen molar-refractivity contribution in [2.45, 2.75) is 38.4 Å². The molecule has 2 aromatic heterocycles. The van der Waals surface area contributed by atoms with Crippen LogP contribution in [-0.2, 0) is 20.1 Å². The normalized spacial score (nSPS) is 21.0. The summed E-state index contributed by atoms with van der Waals surface area (Å²) in [5, 5.41) is 8.63. The summed E-state index contributed by atoms with van der Waals surface area (Å²) in [5.74, 6) is 1.06. The standard InChI is InChI=1S/C17H23ClN4S.2ClH/c1-21-15(18)9-20-16(21)11-22(10-13-2-7-23-12-13)14-8-17(14)3-5-19-6-4-17;;/h2,7,9,12,14,19H,3-6,8,10-11H2,1H3;2*1H. The lowest BCUT2D eigenvalue weighted by atomic mass is 9.93. The largest absolute Gasteiger partial charge is 0.321 e. The van der Waals surface area contributed by atoms with Crippen LogP contribution in [0.4, 0.5) is 0 Å². The van der Waals surface area contributed by atoms with Gasteiger partial charge in [0, 0.05) is 19.6 Å². The number of imidazole rings is 1. The number of hydrogen-bond donors (Lipinski definition) is 1. The van der Waals surface area contributed by atoms with Crippen molar-refractivity contribution in [3.8, 4) is 0 Å². The van der Waals surface area contributed by atoms with Crippen LogP contribution in [0.15, 0.2) is 23.0 Å². The molecule has 1 saturated carbocycles. The second-order valence-corrected chi connectivity index (χ2v) is 8.09. The van der Waals surface area contributed by atoms with E-state index in [1.165, 1.54) is 24.8 Å². The van der Waals surface area contributed by atoms with Crippen molar-refractivity contribution in [3.63, 3.8) is 0 Å². The Balaban J connectivity index is 0.00000113. The molecule has 1 unspecified atom stereocenters. The molecule has 0 amide bonds. The quantitative estimate of drug-likeness (QED) is 0.785. The van der Waals surface area contributed by atoms with Crippen LogP contribution in [0.1, 0.15) is 30.7 Å². The summed E-state index contributed by atoms with van der Waals surface area (Å²) in [6, 6.07) is 2.92. The number of rotatable bonds is 5. The van der Waals surface area contributed by atoms with Crippen molar-refractivity contribution in [1.29, 1.82) is 0 Å². The molecule has 2 fully saturated rings. The second-order valence-electron chi connectivity index (χ2n) is 6.93. The van der Waals surface area contributed by atoms with Gasteiger partial charge in [-0.2, -0.15) is 11.3 Å². The zero-order chi connectivity index (χ0) is 15.9. The Kier molecular flexibility index (Phi) is 7.22. The minimum absolute atomic E-state index is 0. The van der Waals surface area contributed by atoms with Crippen molar-refractivity contribution < 1.29 is 0 Å². The summed E-state index contributed by atoms with van der Waals surface area (Å²) < 4.78 is 2.00. The minimum Gasteiger partial charge on any atom is -0.321 e. The van der Waals surface area contributed by atoms with Gasteiger partial charge in [0.15, 0.2) is 0 Å². The van der Waals surface area contributed by atoms with Crippen LogP contribution in [0.5, 0.6) is 0 Å². The SMILES string of the molecule is Cl.Cl.Cn1c(Cl)cnc1CN(Cc1ccsc1)C1CC12CCNCC2. The van der Waals surface area contributed by atoms with Crippen molar-refractivity contribution in [2.75, 3.05) is 13.1 Å². The zero-order valence-electron chi connectivity index (χ0n) is 14.3. The van der Waals surface area contributed by atoms with E-state index in [9.17, 15) is 0 Å². The van der Waals surface area contributed by atoms with E-state index in [2.05, 4.69) is 32.0 Å². The number of nitrogens with zero attached hydrogens (tertiary/aromatic N) is 3. The minimum atomic E-state index is 0. The van der Waals surface area contributed by atoms with Crippen LogP contribution >= 0.6 is 47.8 Å². The van der Waals surface area contributed by atoms with Gasteiger partial charge in [0.1, 0.15) is 11.0 Å². The Morgan fingerprint density at radius 3 is 2.72 bits per heavy atom. The lowest BCUT2D eigenvalue weighted by Gasteiger charge is -2.29. The van der Waals surface area contributed by atoms with Crippen molar-refractivity contribution in [2.24, 2.45) is 12.5 Å². The van der Waals surface area contributed by atoms with Crippen molar-refractivity contribution in [1.82, 2.24) is 19.8 Å². The van der Waals surface area contributed by atoms with E-state index in [0.717, 1.165) is 32.0 Å². The molecule has 1 saturated heterocycles. The molecule has 1 N–H and O–H groups in total. The Bertz CT molecular complexity index is 667. The van der Waals surface area contributed by atoms with E-state index in [1.807, 2.05) is 11.6 Å². The summed E-state index contributed by atoms with van der Waals surface area (Å²) in [7, 11) is 2.00. The average Bonchev–Trinajstić information content (AvgIpc) is 2.88. The summed E-state index contributed by atoms with van der Waals surface area (Å²) in [4.78, 5) is 7.12. The fourth-order valence-corrected chi connectivity index (χ4v) is 4.76. The van der Waals surface area contributed by atoms with E-state index < -0.39 is 0 Å². The van der Waals surface area contributed by atoms with Crippen molar-refractivity contribution >= 4 is 47.8 Å². The molecule has 2 aromatic rings. The van der Waals surface area contributed by atoms with Crippen LogP contribution in [0.25, 0.3) is 0 Å². The van der Waals surface area contributed by atoms with Gasteiger partial charge in [0.2, 0.25) is 0 Å². The highest BCUT2D eigenvalue weighted by Gasteiger charge is 2.56. The molecule has 140 valence electrons. The van der Waals surface area contributed by atoms with Crippen LogP contribution in [-0.4, -0.2) is 33.6 Å². The number of hydrogen-bond acceptors (Lipinski definition) is 4. The maximum absolute atomic E-state index is 6.17. The second kappa shape index (κ2) is 8.59. The number of nitrogens with one attached hydrogen (secondary N) is 1. The molecule has 1 atom stereocenters. The van der Waals surface area contributed by atoms with Gasteiger partial charge >= 0.3 is 0 Å². The van der Waals surface area contributed by atoms with Gasteiger partial charge in [-0.1, -0.05) is 11.6 Å². The summed E-state index contributed by atoms with van der Waals surface area (Å²) in [6.45, 7) is 4.21. The molecular weight excluding hydrogens is 399 g/mol. The third kappa shape index (κ3) is 4.34. The predicted octanol–water partition coefficient (Wildman–Crippen LogP) is 4.12. The Labute approximate surface area is 170 Å².